The number of hydrogen-bond acceptors (Lipinski definition) is 5. The molecule has 1 atom stereocenters. The van der Waals surface area contributed by atoms with Gasteiger partial charge in [0.2, 0.25) is 0 Å². The first-order valence-corrected chi connectivity index (χ1v) is 9.58. The van der Waals surface area contributed by atoms with Crippen molar-refractivity contribution < 1.29 is 26.4 Å². The van der Waals surface area contributed by atoms with E-state index in [9.17, 15) is 26.4 Å². The van der Waals surface area contributed by atoms with Crippen LogP contribution >= 0.6 is 11.3 Å². The van der Waals surface area contributed by atoms with Crippen molar-refractivity contribution in [3.8, 4) is 10.6 Å². The van der Waals surface area contributed by atoms with Gasteiger partial charge in [-0.2, -0.15) is 13.2 Å². The van der Waals surface area contributed by atoms with Crippen molar-refractivity contribution in [3.63, 3.8) is 0 Å². The Kier molecular flexibility index (Phi) is 4.41. The van der Waals surface area contributed by atoms with E-state index in [-0.39, 0.29) is 11.4 Å². The van der Waals surface area contributed by atoms with E-state index in [4.69, 9.17) is 0 Å². The Morgan fingerprint density at radius 1 is 1.24 bits per heavy atom. The summed E-state index contributed by atoms with van der Waals surface area (Å²) in [5.74, 6) is -0.740. The maximum absolute atomic E-state index is 12.6. The molecule has 0 spiro atoms. The molecule has 1 amide bonds. The topological polar surface area (TPSA) is 76.1 Å². The predicted molar refractivity (Wildman–Crippen MR) is 86.7 cm³/mol. The molecule has 132 valence electrons. The average molecular weight is 388 g/mol. The van der Waals surface area contributed by atoms with Crippen LogP contribution in [0.3, 0.4) is 0 Å². The lowest BCUT2D eigenvalue weighted by Crippen LogP contribution is -2.35. The van der Waals surface area contributed by atoms with Gasteiger partial charge in [-0.15, -0.1) is 11.3 Å². The number of rotatable bonds is 3. The molecule has 1 aliphatic heterocycles. The van der Waals surface area contributed by atoms with E-state index in [1.165, 1.54) is 23.6 Å². The average Bonchev–Trinajstić information content (AvgIpc) is 3.13. The van der Waals surface area contributed by atoms with Crippen LogP contribution in [0.4, 0.5) is 13.2 Å². The Labute approximate surface area is 145 Å². The highest BCUT2D eigenvalue weighted by atomic mass is 32.2. The highest BCUT2D eigenvalue weighted by Crippen LogP contribution is 2.31. The van der Waals surface area contributed by atoms with Gasteiger partial charge in [0, 0.05) is 16.4 Å². The number of halogens is 3. The molecule has 0 radical (unpaired) electrons. The molecule has 1 aromatic carbocycles. The molecular weight excluding hydrogens is 377 g/mol. The number of alkyl halides is 3. The van der Waals surface area contributed by atoms with Crippen LogP contribution in [-0.4, -0.2) is 31.1 Å². The molecule has 5 nitrogen and oxygen atoms in total. The van der Waals surface area contributed by atoms with Gasteiger partial charge in [0.05, 0.1) is 17.4 Å². The number of sulfone groups is 1. The van der Waals surface area contributed by atoms with Gasteiger partial charge in [-0.25, -0.2) is 13.4 Å². The van der Waals surface area contributed by atoms with Crippen molar-refractivity contribution in [3.05, 3.63) is 52.4 Å². The number of aromatic nitrogens is 1. The monoisotopic (exact) mass is 388 g/mol. The van der Waals surface area contributed by atoms with Crippen LogP contribution in [0.2, 0.25) is 0 Å². The first kappa shape index (κ1) is 17.6. The highest BCUT2D eigenvalue weighted by Gasteiger charge is 2.30. The van der Waals surface area contributed by atoms with Crippen LogP contribution in [-0.2, 0) is 16.0 Å². The van der Waals surface area contributed by atoms with Gasteiger partial charge >= 0.3 is 6.18 Å². The van der Waals surface area contributed by atoms with Gasteiger partial charge in [-0.05, 0) is 18.2 Å². The summed E-state index contributed by atoms with van der Waals surface area (Å²) in [7, 11) is -3.28. The molecule has 1 N–H and O–H groups in total. The van der Waals surface area contributed by atoms with E-state index in [1.54, 1.807) is 0 Å². The van der Waals surface area contributed by atoms with Crippen LogP contribution < -0.4 is 5.32 Å². The number of benzene rings is 1. The Morgan fingerprint density at radius 3 is 2.48 bits per heavy atom. The fraction of sp³-hybridized carbons (Fsp3) is 0.200. The molecule has 0 unspecified atom stereocenters. The van der Waals surface area contributed by atoms with Crippen LogP contribution in [0, 0.1) is 0 Å². The van der Waals surface area contributed by atoms with Crippen molar-refractivity contribution in [1.82, 2.24) is 10.3 Å². The van der Waals surface area contributed by atoms with Gasteiger partial charge in [-0.3, -0.25) is 4.79 Å². The Hall–Kier alpha value is -2.20. The number of thiazole rings is 1. The molecule has 1 aliphatic rings. The van der Waals surface area contributed by atoms with Crippen LogP contribution in [0.15, 0.2) is 41.1 Å². The van der Waals surface area contributed by atoms with Gasteiger partial charge in [0.15, 0.2) is 9.84 Å². The summed E-state index contributed by atoms with van der Waals surface area (Å²) < 4.78 is 60.3. The van der Waals surface area contributed by atoms with E-state index in [0.717, 1.165) is 28.9 Å². The standard InChI is InChI=1S/C15H11F3N2O3S2/c16-15(17,18)10-3-1-9(2-4-10)14-20-12(7-24-14)13(21)19-11-5-6-25(22,23)8-11/h1-7,11H,8H2,(H,19,21)/t11-/m0/s1. The summed E-state index contributed by atoms with van der Waals surface area (Å²) >= 11 is 1.11. The van der Waals surface area contributed by atoms with E-state index >= 15 is 0 Å². The fourth-order valence-electron chi connectivity index (χ4n) is 2.22. The molecule has 0 aliphatic carbocycles. The molecule has 1 aromatic heterocycles. The van der Waals surface area contributed by atoms with E-state index in [0.29, 0.717) is 10.6 Å². The first-order valence-electron chi connectivity index (χ1n) is 6.99. The third kappa shape index (κ3) is 4.07. The molecule has 0 saturated carbocycles. The third-order valence-electron chi connectivity index (χ3n) is 3.44. The van der Waals surface area contributed by atoms with Crippen LogP contribution in [0.5, 0.6) is 0 Å². The minimum Gasteiger partial charge on any atom is -0.343 e. The zero-order valence-electron chi connectivity index (χ0n) is 12.4. The second-order valence-corrected chi connectivity index (χ2v) is 8.14. The van der Waals surface area contributed by atoms with Gasteiger partial charge in [0.25, 0.3) is 5.91 Å². The largest absolute Gasteiger partial charge is 0.416 e. The molecule has 3 rings (SSSR count). The van der Waals surface area contributed by atoms with Gasteiger partial charge < -0.3 is 5.32 Å². The number of carbonyl (C=O) groups excluding carboxylic acids is 1. The lowest BCUT2D eigenvalue weighted by atomic mass is 10.1. The van der Waals surface area contributed by atoms with Crippen LogP contribution in [0.25, 0.3) is 10.6 Å². The number of carbonyl (C=O) groups is 1. The van der Waals surface area contributed by atoms with Gasteiger partial charge in [-0.1, -0.05) is 12.1 Å². The van der Waals surface area contributed by atoms with Crippen molar-refractivity contribution in [2.45, 2.75) is 12.2 Å². The van der Waals surface area contributed by atoms with E-state index < -0.39 is 33.5 Å². The first-order chi connectivity index (χ1) is 11.6. The normalized spacial score (nSPS) is 19.1. The maximum atomic E-state index is 12.6. The SMILES string of the molecule is O=C(N[C@H]1C=CS(=O)(=O)C1)c1csc(-c2ccc(C(F)(F)F)cc2)n1. The molecule has 2 aromatic rings. The summed E-state index contributed by atoms with van der Waals surface area (Å²) in [5, 5.41) is 5.45. The Bertz CT molecular complexity index is 932. The molecule has 0 fully saturated rings. The quantitative estimate of drug-likeness (QED) is 0.877. The fourth-order valence-corrected chi connectivity index (χ4v) is 4.26. The van der Waals surface area contributed by atoms with Crippen molar-refractivity contribution in [1.29, 1.82) is 0 Å². The van der Waals surface area contributed by atoms with E-state index in [1.807, 2.05) is 0 Å². The Morgan fingerprint density at radius 2 is 1.92 bits per heavy atom. The van der Waals surface area contributed by atoms with E-state index in [2.05, 4.69) is 10.3 Å². The van der Waals surface area contributed by atoms with Crippen molar-refractivity contribution in [2.75, 3.05) is 5.75 Å². The molecule has 0 bridgehead atoms. The summed E-state index contributed by atoms with van der Waals surface area (Å²) in [6, 6.07) is 3.86. The lowest BCUT2D eigenvalue weighted by Gasteiger charge is -2.08. The maximum Gasteiger partial charge on any atom is 0.416 e. The van der Waals surface area contributed by atoms with Crippen molar-refractivity contribution in [2.24, 2.45) is 0 Å². The number of nitrogens with one attached hydrogen (secondary N) is 1. The minimum atomic E-state index is -4.42. The predicted octanol–water partition coefficient (Wildman–Crippen LogP) is 2.87. The molecule has 25 heavy (non-hydrogen) atoms. The number of hydrogen-bond donors (Lipinski definition) is 1. The highest BCUT2D eigenvalue weighted by molar-refractivity contribution is 7.94. The number of nitrogens with zero attached hydrogens (tertiary/aromatic N) is 1. The van der Waals surface area contributed by atoms with Gasteiger partial charge in [0.1, 0.15) is 10.7 Å². The zero-order valence-corrected chi connectivity index (χ0v) is 14.1. The second kappa shape index (κ2) is 6.26. The third-order valence-corrected chi connectivity index (χ3v) is 5.73. The molecular formula is C15H11F3N2O3S2. The van der Waals surface area contributed by atoms with Crippen LogP contribution in [0.1, 0.15) is 16.1 Å². The Balaban J connectivity index is 1.72. The minimum absolute atomic E-state index is 0.0811. The zero-order chi connectivity index (χ0) is 18.2. The lowest BCUT2D eigenvalue weighted by molar-refractivity contribution is -0.137. The molecule has 10 heteroatoms. The molecule has 0 saturated heterocycles. The summed E-state index contributed by atoms with van der Waals surface area (Å²) in [5.41, 5.74) is -0.224. The smallest absolute Gasteiger partial charge is 0.343 e. The summed E-state index contributed by atoms with van der Waals surface area (Å²) in [6.07, 6.45) is -3.03. The van der Waals surface area contributed by atoms with Crippen molar-refractivity contribution >= 4 is 27.1 Å². The second-order valence-electron chi connectivity index (χ2n) is 5.35. The summed E-state index contributed by atoms with van der Waals surface area (Å²) in [4.78, 5) is 16.2. The molecule has 2 heterocycles. The summed E-state index contributed by atoms with van der Waals surface area (Å²) in [6.45, 7) is 0. The number of amides is 1.